The van der Waals surface area contributed by atoms with Gasteiger partial charge in [0.15, 0.2) is 9.84 Å². The average molecular weight is 270 g/mol. The number of sulfone groups is 1. The molecule has 100 valence electrons. The second-order valence-corrected chi connectivity index (χ2v) is 5.98. The molecule has 1 aromatic rings. The number of para-hydroxylation sites is 1. The van der Waals surface area contributed by atoms with Crippen LogP contribution in [0.25, 0.3) is 0 Å². The number of hydrogen-bond acceptors (Lipinski definition) is 4. The quantitative estimate of drug-likeness (QED) is 0.757. The Morgan fingerprint density at radius 1 is 1.28 bits per heavy atom. The molecule has 0 saturated heterocycles. The Morgan fingerprint density at radius 2 is 1.94 bits per heavy atom. The van der Waals surface area contributed by atoms with Gasteiger partial charge in [-0.2, -0.15) is 0 Å². The Labute approximate surface area is 108 Å². The van der Waals surface area contributed by atoms with Gasteiger partial charge in [0.2, 0.25) is 5.91 Å². The van der Waals surface area contributed by atoms with E-state index in [-0.39, 0.29) is 17.3 Å². The van der Waals surface area contributed by atoms with E-state index in [0.29, 0.717) is 5.69 Å². The average Bonchev–Trinajstić information content (AvgIpc) is 2.28. The van der Waals surface area contributed by atoms with Gasteiger partial charge in [-0.3, -0.25) is 4.79 Å². The lowest BCUT2D eigenvalue weighted by Gasteiger charge is -2.09. The van der Waals surface area contributed by atoms with Gasteiger partial charge in [0, 0.05) is 6.26 Å². The first kappa shape index (κ1) is 14.7. The van der Waals surface area contributed by atoms with Crippen LogP contribution in [0.3, 0.4) is 0 Å². The van der Waals surface area contributed by atoms with Gasteiger partial charge >= 0.3 is 0 Å². The third-order valence-electron chi connectivity index (χ3n) is 2.27. The number of anilines is 1. The Hall–Kier alpha value is -1.40. The zero-order chi connectivity index (χ0) is 13.6. The Morgan fingerprint density at radius 3 is 2.56 bits per heavy atom. The van der Waals surface area contributed by atoms with Gasteiger partial charge < -0.3 is 10.6 Å². The molecule has 0 unspecified atom stereocenters. The van der Waals surface area contributed by atoms with E-state index in [9.17, 15) is 13.2 Å². The van der Waals surface area contributed by atoms with Crippen molar-refractivity contribution in [1.29, 1.82) is 0 Å². The van der Waals surface area contributed by atoms with Crippen LogP contribution in [0, 0.1) is 0 Å². The van der Waals surface area contributed by atoms with Gasteiger partial charge in [-0.1, -0.05) is 19.1 Å². The zero-order valence-corrected chi connectivity index (χ0v) is 11.4. The first-order valence-corrected chi connectivity index (χ1v) is 7.64. The number of hydrogen-bond donors (Lipinski definition) is 2. The first-order chi connectivity index (χ1) is 8.45. The Bertz CT molecular complexity index is 512. The fraction of sp³-hybridized carbons (Fsp3) is 0.417. The minimum atomic E-state index is -3.34. The summed E-state index contributed by atoms with van der Waals surface area (Å²) >= 11 is 0. The third kappa shape index (κ3) is 4.46. The molecule has 0 radical (unpaired) electrons. The van der Waals surface area contributed by atoms with Crippen LogP contribution in [0.5, 0.6) is 0 Å². The van der Waals surface area contributed by atoms with E-state index in [1.807, 2.05) is 6.92 Å². The molecule has 1 aromatic carbocycles. The molecule has 0 spiro atoms. The van der Waals surface area contributed by atoms with Crippen molar-refractivity contribution in [3.8, 4) is 0 Å². The van der Waals surface area contributed by atoms with Crippen LogP contribution in [0.4, 0.5) is 5.69 Å². The number of amides is 1. The number of benzene rings is 1. The van der Waals surface area contributed by atoms with E-state index < -0.39 is 9.84 Å². The summed E-state index contributed by atoms with van der Waals surface area (Å²) in [6.07, 6.45) is 2.06. The van der Waals surface area contributed by atoms with Crippen molar-refractivity contribution in [1.82, 2.24) is 5.32 Å². The van der Waals surface area contributed by atoms with Crippen molar-refractivity contribution >= 4 is 21.4 Å². The molecule has 0 bridgehead atoms. The van der Waals surface area contributed by atoms with Gasteiger partial charge in [0.05, 0.1) is 17.1 Å². The van der Waals surface area contributed by atoms with E-state index >= 15 is 0 Å². The van der Waals surface area contributed by atoms with Gasteiger partial charge in [-0.25, -0.2) is 8.42 Å². The maximum atomic E-state index is 11.6. The van der Waals surface area contributed by atoms with Gasteiger partial charge in [0.1, 0.15) is 0 Å². The van der Waals surface area contributed by atoms with Crippen LogP contribution in [0.2, 0.25) is 0 Å². The molecule has 0 heterocycles. The van der Waals surface area contributed by atoms with Gasteiger partial charge in [0.25, 0.3) is 0 Å². The number of nitrogens with one attached hydrogen (secondary N) is 2. The molecule has 0 atom stereocenters. The second kappa shape index (κ2) is 6.51. The monoisotopic (exact) mass is 270 g/mol. The van der Waals surface area contributed by atoms with Crippen molar-refractivity contribution in [2.24, 2.45) is 0 Å². The summed E-state index contributed by atoms with van der Waals surface area (Å²) in [5.41, 5.74) is 0.322. The van der Waals surface area contributed by atoms with Crippen molar-refractivity contribution in [2.75, 3.05) is 24.7 Å². The summed E-state index contributed by atoms with van der Waals surface area (Å²) in [4.78, 5) is 11.7. The van der Waals surface area contributed by atoms with Crippen LogP contribution >= 0.6 is 0 Å². The number of carbonyl (C=O) groups is 1. The number of rotatable bonds is 6. The standard InChI is InChI=1S/C12H18N2O3S/c1-3-8-13-9-12(15)14-10-6-4-5-7-11(10)18(2,16)17/h4-7,13H,3,8-9H2,1-2H3,(H,14,15). The SMILES string of the molecule is CCCNCC(=O)Nc1ccccc1S(C)(=O)=O. The third-order valence-corrected chi connectivity index (χ3v) is 3.43. The predicted molar refractivity (Wildman–Crippen MR) is 71.3 cm³/mol. The molecule has 0 aliphatic heterocycles. The Balaban J connectivity index is 2.76. The topological polar surface area (TPSA) is 75.3 Å². The summed E-state index contributed by atoms with van der Waals surface area (Å²) in [5.74, 6) is -0.250. The van der Waals surface area contributed by atoms with Crippen LogP contribution in [0.1, 0.15) is 13.3 Å². The van der Waals surface area contributed by atoms with E-state index in [0.717, 1.165) is 19.2 Å². The zero-order valence-electron chi connectivity index (χ0n) is 10.6. The molecule has 0 fully saturated rings. The van der Waals surface area contributed by atoms with E-state index in [1.165, 1.54) is 6.07 Å². The maximum Gasteiger partial charge on any atom is 0.238 e. The molecule has 0 aromatic heterocycles. The van der Waals surface area contributed by atoms with E-state index in [1.54, 1.807) is 18.2 Å². The molecule has 1 amide bonds. The molecular weight excluding hydrogens is 252 g/mol. The second-order valence-electron chi connectivity index (χ2n) is 3.99. The lowest BCUT2D eigenvalue weighted by atomic mass is 10.3. The van der Waals surface area contributed by atoms with Crippen LogP contribution in [-0.2, 0) is 14.6 Å². The van der Waals surface area contributed by atoms with E-state index in [4.69, 9.17) is 0 Å². The molecule has 0 aliphatic rings. The highest BCUT2D eigenvalue weighted by Crippen LogP contribution is 2.20. The lowest BCUT2D eigenvalue weighted by molar-refractivity contribution is -0.115. The Kier molecular flexibility index (Phi) is 5.30. The molecule has 1 rings (SSSR count). The summed E-state index contributed by atoms with van der Waals surface area (Å²) in [6, 6.07) is 6.36. The predicted octanol–water partition coefficient (Wildman–Crippen LogP) is 1.03. The molecule has 0 aliphatic carbocycles. The highest BCUT2D eigenvalue weighted by atomic mass is 32.2. The van der Waals surface area contributed by atoms with Crippen molar-refractivity contribution in [3.63, 3.8) is 0 Å². The molecular formula is C12H18N2O3S. The van der Waals surface area contributed by atoms with Crippen LogP contribution in [-0.4, -0.2) is 33.7 Å². The van der Waals surface area contributed by atoms with Crippen LogP contribution in [0.15, 0.2) is 29.2 Å². The smallest absolute Gasteiger partial charge is 0.238 e. The van der Waals surface area contributed by atoms with E-state index in [2.05, 4.69) is 10.6 Å². The van der Waals surface area contributed by atoms with Gasteiger partial charge in [-0.05, 0) is 25.1 Å². The highest BCUT2D eigenvalue weighted by molar-refractivity contribution is 7.90. The van der Waals surface area contributed by atoms with Crippen molar-refractivity contribution < 1.29 is 13.2 Å². The minimum absolute atomic E-state index is 0.133. The highest BCUT2D eigenvalue weighted by Gasteiger charge is 2.13. The fourth-order valence-electron chi connectivity index (χ4n) is 1.47. The first-order valence-electron chi connectivity index (χ1n) is 5.74. The molecule has 6 heteroatoms. The van der Waals surface area contributed by atoms with Gasteiger partial charge in [-0.15, -0.1) is 0 Å². The summed E-state index contributed by atoms with van der Waals surface area (Å²) in [6.45, 7) is 2.93. The summed E-state index contributed by atoms with van der Waals surface area (Å²) in [7, 11) is -3.34. The molecule has 18 heavy (non-hydrogen) atoms. The summed E-state index contributed by atoms with van der Waals surface area (Å²) < 4.78 is 23.1. The normalized spacial score (nSPS) is 11.2. The minimum Gasteiger partial charge on any atom is -0.324 e. The molecule has 5 nitrogen and oxygen atoms in total. The number of carbonyl (C=O) groups excluding carboxylic acids is 1. The summed E-state index contributed by atoms with van der Waals surface area (Å²) in [5, 5.41) is 5.55. The lowest BCUT2D eigenvalue weighted by Crippen LogP contribution is -2.29. The van der Waals surface area contributed by atoms with Crippen molar-refractivity contribution in [2.45, 2.75) is 18.2 Å². The molecule has 0 saturated carbocycles. The molecule has 2 N–H and O–H groups in total. The van der Waals surface area contributed by atoms with Crippen LogP contribution < -0.4 is 10.6 Å². The fourth-order valence-corrected chi connectivity index (χ4v) is 2.31. The van der Waals surface area contributed by atoms with Crippen molar-refractivity contribution in [3.05, 3.63) is 24.3 Å². The maximum absolute atomic E-state index is 11.6. The largest absolute Gasteiger partial charge is 0.324 e.